The number of fused-ring (bicyclic) bond motifs is 1. The molecule has 30 heavy (non-hydrogen) atoms. The first kappa shape index (κ1) is 20.9. The lowest BCUT2D eigenvalue weighted by atomic mass is 9.93. The number of ether oxygens (including phenoxy) is 1. The van der Waals surface area contributed by atoms with Gasteiger partial charge in [-0.1, -0.05) is 26.0 Å². The molecule has 5 nitrogen and oxygen atoms in total. The molecule has 0 spiro atoms. The predicted molar refractivity (Wildman–Crippen MR) is 119 cm³/mol. The van der Waals surface area contributed by atoms with Crippen molar-refractivity contribution in [2.75, 3.05) is 26.7 Å². The van der Waals surface area contributed by atoms with Crippen molar-refractivity contribution in [3.8, 4) is 5.75 Å². The first-order valence-corrected chi connectivity index (χ1v) is 11.6. The van der Waals surface area contributed by atoms with E-state index < -0.39 is 0 Å². The van der Waals surface area contributed by atoms with Gasteiger partial charge in [0.15, 0.2) is 0 Å². The smallest absolute Gasteiger partial charge is 0.242 e. The largest absolute Gasteiger partial charge is 0.497 e. The molecule has 1 aliphatic heterocycles. The Morgan fingerprint density at radius 2 is 1.93 bits per heavy atom. The van der Waals surface area contributed by atoms with E-state index in [0.29, 0.717) is 19.0 Å². The summed E-state index contributed by atoms with van der Waals surface area (Å²) in [6, 6.07) is 9.99. The number of hydrogen-bond donors (Lipinski definition) is 0. The average Bonchev–Trinajstić information content (AvgIpc) is 3.48. The molecular weight excluding hydrogens is 396 g/mol. The number of nitrogens with zero attached hydrogens (tertiary/aromatic N) is 2. The molecule has 2 aliphatic rings. The van der Waals surface area contributed by atoms with Crippen molar-refractivity contribution in [3.05, 3.63) is 51.7 Å². The molecule has 1 atom stereocenters. The van der Waals surface area contributed by atoms with Crippen LogP contribution in [0.25, 0.3) is 0 Å². The molecule has 0 bridgehead atoms. The van der Waals surface area contributed by atoms with E-state index in [2.05, 4.69) is 25.3 Å². The molecule has 2 heterocycles. The van der Waals surface area contributed by atoms with Gasteiger partial charge in [0.25, 0.3) is 0 Å². The summed E-state index contributed by atoms with van der Waals surface area (Å²) in [5, 5.41) is 2.11. The second-order valence-electron chi connectivity index (χ2n) is 8.70. The van der Waals surface area contributed by atoms with Crippen molar-refractivity contribution in [3.63, 3.8) is 0 Å². The Bertz CT molecular complexity index is 901. The average molecular weight is 427 g/mol. The minimum absolute atomic E-state index is 0.0299. The van der Waals surface area contributed by atoms with E-state index in [-0.39, 0.29) is 30.3 Å². The van der Waals surface area contributed by atoms with Gasteiger partial charge in [0, 0.05) is 23.9 Å². The molecule has 1 aliphatic carbocycles. The fourth-order valence-electron chi connectivity index (χ4n) is 4.25. The first-order valence-electron chi connectivity index (χ1n) is 10.8. The summed E-state index contributed by atoms with van der Waals surface area (Å²) in [4.78, 5) is 31.4. The van der Waals surface area contributed by atoms with Crippen molar-refractivity contribution < 1.29 is 14.3 Å². The van der Waals surface area contributed by atoms with Crippen LogP contribution in [0, 0.1) is 11.8 Å². The number of rotatable bonds is 7. The maximum Gasteiger partial charge on any atom is 0.242 e. The van der Waals surface area contributed by atoms with Crippen LogP contribution in [0.5, 0.6) is 5.75 Å². The summed E-state index contributed by atoms with van der Waals surface area (Å²) < 4.78 is 5.31. The first-order chi connectivity index (χ1) is 14.5. The van der Waals surface area contributed by atoms with Gasteiger partial charge in [0.2, 0.25) is 11.8 Å². The Balaban J connectivity index is 1.59. The van der Waals surface area contributed by atoms with E-state index >= 15 is 0 Å². The number of carbonyl (C=O) groups is 2. The van der Waals surface area contributed by atoms with Crippen LogP contribution in [0.2, 0.25) is 0 Å². The van der Waals surface area contributed by atoms with Crippen molar-refractivity contribution in [1.29, 1.82) is 0 Å². The van der Waals surface area contributed by atoms with Crippen LogP contribution in [-0.4, -0.2) is 48.4 Å². The van der Waals surface area contributed by atoms with Crippen molar-refractivity contribution >= 4 is 23.2 Å². The molecule has 2 amide bonds. The molecule has 0 N–H and O–H groups in total. The summed E-state index contributed by atoms with van der Waals surface area (Å²) in [5.74, 6) is 1.44. The summed E-state index contributed by atoms with van der Waals surface area (Å²) in [6.45, 7) is 5.66. The highest BCUT2D eigenvalue weighted by molar-refractivity contribution is 7.10. The quantitative estimate of drug-likeness (QED) is 0.669. The highest BCUT2D eigenvalue weighted by Crippen LogP contribution is 2.38. The molecule has 2 aromatic rings. The number of thiophene rings is 1. The zero-order valence-corrected chi connectivity index (χ0v) is 18.8. The lowest BCUT2D eigenvalue weighted by molar-refractivity contribution is -0.142. The summed E-state index contributed by atoms with van der Waals surface area (Å²) in [7, 11) is 1.66. The topological polar surface area (TPSA) is 49.9 Å². The van der Waals surface area contributed by atoms with Crippen LogP contribution in [-0.2, 0) is 16.0 Å². The predicted octanol–water partition coefficient (Wildman–Crippen LogP) is 4.13. The standard InChI is InChI=1S/C24H30N2O3S/c1-16(2)14-25(24(28)18-4-5-18)15-22(27)26-12-10-21-20(11-13-30-21)23(26)17-6-8-19(29-3)9-7-17/h6-9,11,13,16,18,23H,4-5,10,12,14-15H2,1-3H3. The molecular formula is C24H30N2O3S. The number of carbonyl (C=O) groups excluding carboxylic acids is 2. The Hall–Kier alpha value is -2.34. The number of hydrogen-bond acceptors (Lipinski definition) is 4. The van der Waals surface area contributed by atoms with E-state index in [1.165, 1.54) is 10.4 Å². The highest BCUT2D eigenvalue weighted by Gasteiger charge is 2.37. The fraction of sp³-hybridized carbons (Fsp3) is 0.500. The zero-order chi connectivity index (χ0) is 21.3. The molecule has 0 saturated heterocycles. The summed E-state index contributed by atoms with van der Waals surface area (Å²) in [5.41, 5.74) is 2.28. The van der Waals surface area contributed by atoms with Gasteiger partial charge in [-0.2, -0.15) is 0 Å². The van der Waals surface area contributed by atoms with Gasteiger partial charge in [0.1, 0.15) is 5.75 Å². The normalized spacial score (nSPS) is 18.3. The zero-order valence-electron chi connectivity index (χ0n) is 18.0. The second kappa shape index (κ2) is 8.80. The van der Waals surface area contributed by atoms with Crippen molar-refractivity contribution in [1.82, 2.24) is 9.80 Å². The Kier molecular flexibility index (Phi) is 6.14. The lowest BCUT2D eigenvalue weighted by Gasteiger charge is -2.38. The number of amides is 2. The monoisotopic (exact) mass is 426 g/mol. The maximum atomic E-state index is 13.5. The van der Waals surface area contributed by atoms with Gasteiger partial charge in [-0.05, 0) is 59.9 Å². The number of benzene rings is 1. The number of methoxy groups -OCH3 is 1. The minimum Gasteiger partial charge on any atom is -0.497 e. The molecule has 1 aromatic carbocycles. The van der Waals surface area contributed by atoms with E-state index in [0.717, 1.165) is 30.6 Å². The third kappa shape index (κ3) is 4.38. The second-order valence-corrected chi connectivity index (χ2v) is 9.70. The van der Waals surface area contributed by atoms with E-state index in [9.17, 15) is 9.59 Å². The van der Waals surface area contributed by atoms with Gasteiger partial charge < -0.3 is 14.5 Å². The van der Waals surface area contributed by atoms with E-state index in [1.54, 1.807) is 23.3 Å². The molecule has 1 aromatic heterocycles. The van der Waals surface area contributed by atoms with Crippen LogP contribution in [0.4, 0.5) is 0 Å². The highest BCUT2D eigenvalue weighted by atomic mass is 32.1. The minimum atomic E-state index is -0.115. The van der Waals surface area contributed by atoms with E-state index in [1.807, 2.05) is 29.2 Å². The lowest BCUT2D eigenvalue weighted by Crippen LogP contribution is -2.47. The van der Waals surface area contributed by atoms with Gasteiger partial charge in [-0.25, -0.2) is 0 Å². The van der Waals surface area contributed by atoms with Gasteiger partial charge in [-0.15, -0.1) is 11.3 Å². The molecule has 1 unspecified atom stereocenters. The fourth-order valence-corrected chi connectivity index (χ4v) is 5.15. The van der Waals surface area contributed by atoms with Gasteiger partial charge in [-0.3, -0.25) is 9.59 Å². The van der Waals surface area contributed by atoms with Crippen molar-refractivity contribution in [2.45, 2.75) is 39.2 Å². The summed E-state index contributed by atoms with van der Waals surface area (Å²) in [6.07, 6.45) is 2.78. The third-order valence-electron chi connectivity index (χ3n) is 5.87. The van der Waals surface area contributed by atoms with Crippen LogP contribution in [0.15, 0.2) is 35.7 Å². The van der Waals surface area contributed by atoms with Crippen LogP contribution in [0.1, 0.15) is 48.7 Å². The molecule has 6 heteroatoms. The summed E-state index contributed by atoms with van der Waals surface area (Å²) >= 11 is 1.76. The Morgan fingerprint density at radius 1 is 1.20 bits per heavy atom. The molecule has 4 rings (SSSR count). The third-order valence-corrected chi connectivity index (χ3v) is 6.86. The van der Waals surface area contributed by atoms with E-state index in [4.69, 9.17) is 4.74 Å². The van der Waals surface area contributed by atoms with Crippen LogP contribution >= 0.6 is 11.3 Å². The molecule has 0 radical (unpaired) electrons. The molecule has 1 fully saturated rings. The molecule has 1 saturated carbocycles. The molecule has 160 valence electrons. The van der Waals surface area contributed by atoms with Gasteiger partial charge >= 0.3 is 0 Å². The SMILES string of the molecule is COc1ccc(C2c3ccsc3CCN2C(=O)CN(CC(C)C)C(=O)C2CC2)cc1. The van der Waals surface area contributed by atoms with Gasteiger partial charge in [0.05, 0.1) is 19.7 Å². The Morgan fingerprint density at radius 3 is 2.57 bits per heavy atom. The Labute approximate surface area is 182 Å². The maximum absolute atomic E-state index is 13.5. The van der Waals surface area contributed by atoms with Crippen LogP contribution in [0.3, 0.4) is 0 Å². The van der Waals surface area contributed by atoms with Crippen LogP contribution < -0.4 is 4.74 Å². The van der Waals surface area contributed by atoms with Crippen molar-refractivity contribution in [2.24, 2.45) is 11.8 Å².